The van der Waals surface area contributed by atoms with Crippen LogP contribution in [-0.2, 0) is 9.53 Å². The van der Waals surface area contributed by atoms with Gasteiger partial charge in [-0.25, -0.2) is 0 Å². The van der Waals surface area contributed by atoms with Crippen LogP contribution in [0.1, 0.15) is 20.3 Å². The van der Waals surface area contributed by atoms with Gasteiger partial charge < -0.3 is 4.74 Å². The maximum atomic E-state index is 11.8. The number of carbonyl (C=O) groups is 1. The number of thiol groups is 1. The zero-order chi connectivity index (χ0) is 11.4. The largest absolute Gasteiger partial charge is 0.465 e. The molecule has 0 spiro atoms. The van der Waals surface area contributed by atoms with Crippen molar-refractivity contribution >= 4 is 18.6 Å². The summed E-state index contributed by atoms with van der Waals surface area (Å²) >= 11 is 3.53. The van der Waals surface area contributed by atoms with Crippen LogP contribution in [-0.4, -0.2) is 24.0 Å². The van der Waals surface area contributed by atoms with Gasteiger partial charge in [0.15, 0.2) is 0 Å². The Labute approximate surface area is 86.2 Å². The number of rotatable bonds is 4. The minimum atomic E-state index is -4.39. The van der Waals surface area contributed by atoms with Gasteiger partial charge in [0.1, 0.15) is 5.25 Å². The molecule has 0 N–H and O–H groups in total. The monoisotopic (exact) mass is 230 g/mol. The van der Waals surface area contributed by atoms with Gasteiger partial charge in [0, 0.05) is 0 Å². The van der Waals surface area contributed by atoms with Crippen LogP contribution in [0, 0.1) is 5.92 Å². The fourth-order valence-electron chi connectivity index (χ4n) is 0.648. The fraction of sp³-hybridized carbons (Fsp3) is 0.875. The highest BCUT2D eigenvalue weighted by Gasteiger charge is 2.34. The fourth-order valence-corrected chi connectivity index (χ4v) is 0.929. The highest BCUT2D eigenvalue weighted by Crippen LogP contribution is 2.24. The highest BCUT2D eigenvalue weighted by molar-refractivity contribution is 7.81. The molecule has 6 heteroatoms. The lowest BCUT2D eigenvalue weighted by molar-refractivity contribution is -0.156. The first-order valence-corrected chi connectivity index (χ1v) is 4.65. The molecule has 0 saturated carbocycles. The molecule has 0 fully saturated rings. The number of esters is 1. The van der Waals surface area contributed by atoms with E-state index in [9.17, 15) is 18.0 Å². The van der Waals surface area contributed by atoms with E-state index in [1.165, 1.54) is 0 Å². The Morgan fingerprint density at radius 1 is 1.43 bits per heavy atom. The van der Waals surface area contributed by atoms with Gasteiger partial charge in [-0.3, -0.25) is 4.79 Å². The first kappa shape index (κ1) is 13.6. The molecule has 2 nitrogen and oxygen atoms in total. The van der Waals surface area contributed by atoms with Crippen molar-refractivity contribution in [2.75, 3.05) is 6.61 Å². The van der Waals surface area contributed by atoms with E-state index in [1.807, 2.05) is 0 Å². The van der Waals surface area contributed by atoms with E-state index in [4.69, 9.17) is 0 Å². The summed E-state index contributed by atoms with van der Waals surface area (Å²) in [7, 11) is 0. The molecule has 0 aliphatic rings. The SMILES string of the molecule is CC(C)COC(=O)[C@@H](S)CC(F)(F)F. The standard InChI is InChI=1S/C8H13F3O2S/c1-5(2)4-13-7(12)6(14)3-8(9,10)11/h5-6,14H,3-4H2,1-2H3/t6-/m0/s1. The van der Waals surface area contributed by atoms with Crippen molar-refractivity contribution in [3.8, 4) is 0 Å². The molecule has 0 aromatic rings. The molecule has 0 rings (SSSR count). The number of hydrogen-bond acceptors (Lipinski definition) is 3. The molecule has 0 aliphatic carbocycles. The van der Waals surface area contributed by atoms with Crippen molar-refractivity contribution in [1.82, 2.24) is 0 Å². The van der Waals surface area contributed by atoms with Crippen LogP contribution < -0.4 is 0 Å². The maximum Gasteiger partial charge on any atom is 0.390 e. The average molecular weight is 230 g/mol. The third-order valence-corrected chi connectivity index (χ3v) is 1.65. The number of halogens is 3. The van der Waals surface area contributed by atoms with Gasteiger partial charge in [0.2, 0.25) is 0 Å². The molecule has 0 unspecified atom stereocenters. The lowest BCUT2D eigenvalue weighted by Gasteiger charge is -2.13. The molecule has 84 valence electrons. The van der Waals surface area contributed by atoms with Gasteiger partial charge in [-0.1, -0.05) is 13.8 Å². The van der Waals surface area contributed by atoms with E-state index in [-0.39, 0.29) is 12.5 Å². The minimum Gasteiger partial charge on any atom is -0.465 e. The van der Waals surface area contributed by atoms with Crippen LogP contribution in [0.25, 0.3) is 0 Å². The topological polar surface area (TPSA) is 26.3 Å². The van der Waals surface area contributed by atoms with Crippen LogP contribution >= 0.6 is 12.6 Å². The van der Waals surface area contributed by atoms with Gasteiger partial charge in [-0.2, -0.15) is 25.8 Å². The Kier molecular flexibility index (Phi) is 5.33. The average Bonchev–Trinajstić information content (AvgIpc) is 1.96. The summed E-state index contributed by atoms with van der Waals surface area (Å²) in [5, 5.41) is -1.42. The second-order valence-corrected chi connectivity index (χ2v) is 3.98. The lowest BCUT2D eigenvalue weighted by Crippen LogP contribution is -2.26. The molecule has 1 atom stereocenters. The summed E-state index contributed by atoms with van der Waals surface area (Å²) in [4.78, 5) is 10.9. The van der Waals surface area contributed by atoms with Gasteiger partial charge in [0.25, 0.3) is 0 Å². The zero-order valence-corrected chi connectivity index (χ0v) is 8.86. The number of alkyl halides is 3. The predicted octanol–water partition coefficient (Wildman–Crippen LogP) is 2.44. The number of ether oxygens (including phenoxy) is 1. The van der Waals surface area contributed by atoms with E-state index in [1.54, 1.807) is 13.8 Å². The molecule has 0 radical (unpaired) electrons. The van der Waals surface area contributed by atoms with Crippen molar-refractivity contribution < 1.29 is 22.7 Å². The van der Waals surface area contributed by atoms with Crippen LogP contribution in [0.4, 0.5) is 13.2 Å². The molecule has 0 bridgehead atoms. The number of carbonyl (C=O) groups excluding carboxylic acids is 1. The molecule has 0 saturated heterocycles. The first-order valence-electron chi connectivity index (χ1n) is 4.14. The third-order valence-electron chi connectivity index (χ3n) is 1.26. The van der Waals surface area contributed by atoms with Crippen molar-refractivity contribution in [3.05, 3.63) is 0 Å². The van der Waals surface area contributed by atoms with Crippen molar-refractivity contribution in [1.29, 1.82) is 0 Å². The minimum absolute atomic E-state index is 0.102. The van der Waals surface area contributed by atoms with Gasteiger partial charge >= 0.3 is 12.1 Å². The highest BCUT2D eigenvalue weighted by atomic mass is 32.1. The quantitative estimate of drug-likeness (QED) is 0.593. The molecule has 14 heavy (non-hydrogen) atoms. The molecule has 0 aromatic heterocycles. The summed E-state index contributed by atoms with van der Waals surface area (Å²) in [6.07, 6.45) is -5.64. The smallest absolute Gasteiger partial charge is 0.390 e. The van der Waals surface area contributed by atoms with Crippen LogP contribution in [0.2, 0.25) is 0 Å². The molecular weight excluding hydrogens is 217 g/mol. The Balaban J connectivity index is 3.88. The van der Waals surface area contributed by atoms with E-state index in [0.29, 0.717) is 0 Å². The summed E-state index contributed by atoms with van der Waals surface area (Å²) in [6, 6.07) is 0. The molecule has 0 aromatic carbocycles. The second kappa shape index (κ2) is 5.48. The van der Waals surface area contributed by atoms with Gasteiger partial charge in [-0.05, 0) is 5.92 Å². The van der Waals surface area contributed by atoms with Crippen LogP contribution in [0.15, 0.2) is 0 Å². The Morgan fingerprint density at radius 2 is 1.93 bits per heavy atom. The molecule has 0 heterocycles. The molecule has 0 amide bonds. The van der Waals surface area contributed by atoms with Crippen LogP contribution in [0.5, 0.6) is 0 Å². The second-order valence-electron chi connectivity index (χ2n) is 3.36. The Morgan fingerprint density at radius 3 is 2.29 bits per heavy atom. The molecular formula is C8H13F3O2S. The third kappa shape index (κ3) is 7.06. The van der Waals surface area contributed by atoms with E-state index < -0.39 is 23.8 Å². The Hall–Kier alpha value is -0.390. The van der Waals surface area contributed by atoms with Crippen molar-refractivity contribution in [3.63, 3.8) is 0 Å². The van der Waals surface area contributed by atoms with E-state index in [2.05, 4.69) is 17.4 Å². The zero-order valence-electron chi connectivity index (χ0n) is 7.97. The van der Waals surface area contributed by atoms with E-state index in [0.717, 1.165) is 0 Å². The summed E-state index contributed by atoms with van der Waals surface area (Å²) in [5.74, 6) is -0.815. The van der Waals surface area contributed by atoms with Gasteiger partial charge in [0.05, 0.1) is 13.0 Å². The normalized spacial score (nSPS) is 14.2. The van der Waals surface area contributed by atoms with Crippen molar-refractivity contribution in [2.45, 2.75) is 31.7 Å². The first-order chi connectivity index (χ1) is 6.22. The summed E-state index contributed by atoms with van der Waals surface area (Å²) in [5.41, 5.74) is 0. The Bertz CT molecular complexity index is 192. The van der Waals surface area contributed by atoms with Crippen LogP contribution in [0.3, 0.4) is 0 Å². The van der Waals surface area contributed by atoms with Crippen molar-refractivity contribution in [2.24, 2.45) is 5.92 Å². The number of hydrogen-bond donors (Lipinski definition) is 1. The summed E-state index contributed by atoms with van der Waals surface area (Å²) in [6.45, 7) is 3.71. The van der Waals surface area contributed by atoms with E-state index >= 15 is 0 Å². The summed E-state index contributed by atoms with van der Waals surface area (Å²) < 4.78 is 40.0. The lowest BCUT2D eigenvalue weighted by atomic mass is 10.2. The predicted molar refractivity (Wildman–Crippen MR) is 49.2 cm³/mol. The molecule has 0 aliphatic heterocycles. The maximum absolute atomic E-state index is 11.8. The van der Waals surface area contributed by atoms with Gasteiger partial charge in [-0.15, -0.1) is 0 Å².